The van der Waals surface area contributed by atoms with Gasteiger partial charge >= 0.3 is 0 Å². The number of benzene rings is 2. The number of nitrogens with zero attached hydrogens (tertiary/aromatic N) is 3. The molecular formula is C20H21ClFN4S+. The van der Waals surface area contributed by atoms with Crippen molar-refractivity contribution >= 4 is 23.8 Å². The summed E-state index contributed by atoms with van der Waals surface area (Å²) in [5, 5.41) is 5.46. The monoisotopic (exact) mass is 403 g/mol. The van der Waals surface area contributed by atoms with Crippen molar-refractivity contribution in [2.45, 2.75) is 32.1 Å². The highest BCUT2D eigenvalue weighted by Crippen LogP contribution is 2.20. The van der Waals surface area contributed by atoms with Crippen LogP contribution in [0.3, 0.4) is 0 Å². The Hall–Kier alpha value is -2.02. The second-order valence-corrected chi connectivity index (χ2v) is 7.87. The lowest BCUT2D eigenvalue weighted by atomic mass is 10.2. The minimum atomic E-state index is -0.203. The van der Waals surface area contributed by atoms with Gasteiger partial charge in [0.2, 0.25) is 4.77 Å². The summed E-state index contributed by atoms with van der Waals surface area (Å²) in [7, 11) is 1.94. The van der Waals surface area contributed by atoms with E-state index in [4.69, 9.17) is 28.9 Å². The van der Waals surface area contributed by atoms with Gasteiger partial charge in [0.1, 0.15) is 12.4 Å². The van der Waals surface area contributed by atoms with Crippen molar-refractivity contribution in [1.29, 1.82) is 0 Å². The number of nitrogens with one attached hydrogen (secondary N) is 1. The second kappa shape index (κ2) is 7.54. The molecule has 4 rings (SSSR count). The van der Waals surface area contributed by atoms with Crippen LogP contribution in [0.25, 0.3) is 11.4 Å². The lowest BCUT2D eigenvalue weighted by molar-refractivity contribution is -0.947. The molecule has 1 N–H and O–H groups in total. The first kappa shape index (κ1) is 18.3. The summed E-state index contributed by atoms with van der Waals surface area (Å²) in [6.45, 7) is 1.53. The lowest BCUT2D eigenvalue weighted by Crippen LogP contribution is -3.11. The first-order chi connectivity index (χ1) is 13.0. The first-order valence-corrected chi connectivity index (χ1v) is 9.78. The summed E-state index contributed by atoms with van der Waals surface area (Å²) >= 11 is 11.6. The molecule has 0 saturated heterocycles. The maximum Gasteiger partial charge on any atom is 0.202 e. The molecular weight excluding hydrogens is 383 g/mol. The van der Waals surface area contributed by atoms with Crippen LogP contribution >= 0.6 is 23.8 Å². The molecule has 1 heterocycles. The quantitative estimate of drug-likeness (QED) is 0.636. The van der Waals surface area contributed by atoms with Gasteiger partial charge in [0.25, 0.3) is 0 Å². The van der Waals surface area contributed by atoms with Gasteiger partial charge in [0.05, 0.1) is 6.04 Å². The molecule has 1 aliphatic rings. The Morgan fingerprint density at radius 2 is 1.81 bits per heavy atom. The predicted molar refractivity (Wildman–Crippen MR) is 107 cm³/mol. The summed E-state index contributed by atoms with van der Waals surface area (Å²) in [6, 6.07) is 15.0. The fraction of sp³-hybridized carbons (Fsp3) is 0.300. The van der Waals surface area contributed by atoms with Crippen molar-refractivity contribution < 1.29 is 9.29 Å². The number of halogens is 2. The SMILES string of the molecule is Cn1c(-c2ccc(Cl)cc2)nn(C[NH+](Cc2ccc(F)cc2)C2CC2)c1=S. The average molecular weight is 404 g/mol. The molecule has 140 valence electrons. The minimum Gasteiger partial charge on any atom is -0.310 e. The van der Waals surface area contributed by atoms with E-state index < -0.39 is 0 Å². The summed E-state index contributed by atoms with van der Waals surface area (Å²) < 4.78 is 17.7. The number of hydrogen-bond donors (Lipinski definition) is 1. The predicted octanol–water partition coefficient (Wildman–Crippen LogP) is 3.62. The molecule has 27 heavy (non-hydrogen) atoms. The minimum absolute atomic E-state index is 0.203. The van der Waals surface area contributed by atoms with Crippen molar-refractivity contribution in [3.63, 3.8) is 0 Å². The van der Waals surface area contributed by atoms with Crippen LogP contribution in [0, 0.1) is 10.6 Å². The van der Waals surface area contributed by atoms with E-state index in [2.05, 4.69) is 0 Å². The van der Waals surface area contributed by atoms with Crippen molar-refractivity contribution in [1.82, 2.24) is 14.3 Å². The molecule has 0 spiro atoms. The molecule has 0 amide bonds. The van der Waals surface area contributed by atoms with Crippen molar-refractivity contribution in [3.05, 3.63) is 69.7 Å². The molecule has 1 aliphatic carbocycles. The Kier molecular flexibility index (Phi) is 5.12. The van der Waals surface area contributed by atoms with Crippen LogP contribution in [0.15, 0.2) is 48.5 Å². The van der Waals surface area contributed by atoms with Crippen LogP contribution in [-0.4, -0.2) is 20.4 Å². The van der Waals surface area contributed by atoms with E-state index in [1.54, 1.807) is 0 Å². The fourth-order valence-electron chi connectivity index (χ4n) is 3.32. The molecule has 1 unspecified atom stereocenters. The van der Waals surface area contributed by atoms with Crippen LogP contribution in [0.2, 0.25) is 5.02 Å². The molecule has 0 radical (unpaired) electrons. The second-order valence-electron chi connectivity index (χ2n) is 7.07. The Balaban J connectivity index is 1.58. The molecule has 0 bridgehead atoms. The molecule has 0 aliphatic heterocycles. The Morgan fingerprint density at radius 1 is 1.15 bits per heavy atom. The van der Waals surface area contributed by atoms with E-state index in [0.29, 0.717) is 22.5 Å². The van der Waals surface area contributed by atoms with Crippen LogP contribution in [0.4, 0.5) is 4.39 Å². The number of aromatic nitrogens is 3. The standard InChI is InChI=1S/C20H20ClFN4S/c1-24-19(15-4-6-16(21)7-5-15)23-26(20(24)27)13-25(18-10-11-18)12-14-2-8-17(22)9-3-14/h2-9,18H,10-13H2,1H3/p+1. The van der Waals surface area contributed by atoms with Crippen LogP contribution < -0.4 is 4.90 Å². The number of hydrogen-bond acceptors (Lipinski definition) is 2. The van der Waals surface area contributed by atoms with E-state index in [-0.39, 0.29) is 5.82 Å². The molecule has 2 aromatic carbocycles. The van der Waals surface area contributed by atoms with Gasteiger partial charge < -0.3 is 9.47 Å². The van der Waals surface area contributed by atoms with E-state index in [0.717, 1.165) is 23.5 Å². The normalized spacial score (nSPS) is 15.1. The highest BCUT2D eigenvalue weighted by atomic mass is 35.5. The average Bonchev–Trinajstić information content (AvgIpc) is 3.47. The largest absolute Gasteiger partial charge is 0.310 e. The molecule has 1 saturated carbocycles. The van der Waals surface area contributed by atoms with Gasteiger partial charge in [-0.15, -0.1) is 5.10 Å². The Labute approximate surface area is 167 Å². The van der Waals surface area contributed by atoms with Crippen molar-refractivity contribution in [3.8, 4) is 11.4 Å². The van der Waals surface area contributed by atoms with Gasteiger partial charge in [-0.3, -0.25) is 0 Å². The van der Waals surface area contributed by atoms with E-state index in [1.165, 1.54) is 29.9 Å². The van der Waals surface area contributed by atoms with E-state index >= 15 is 0 Å². The highest BCUT2D eigenvalue weighted by Gasteiger charge is 2.34. The zero-order chi connectivity index (χ0) is 19.0. The number of rotatable bonds is 6. The smallest absolute Gasteiger partial charge is 0.202 e. The van der Waals surface area contributed by atoms with Gasteiger partial charge in [0.15, 0.2) is 12.5 Å². The topological polar surface area (TPSA) is 27.2 Å². The van der Waals surface area contributed by atoms with E-state index in [1.807, 2.05) is 52.7 Å². The third kappa shape index (κ3) is 4.13. The molecule has 3 aromatic rings. The van der Waals surface area contributed by atoms with Gasteiger partial charge in [-0.2, -0.15) is 4.68 Å². The summed E-state index contributed by atoms with van der Waals surface area (Å²) in [4.78, 5) is 1.40. The van der Waals surface area contributed by atoms with Crippen molar-refractivity contribution in [2.75, 3.05) is 0 Å². The van der Waals surface area contributed by atoms with Gasteiger partial charge in [-0.05, 0) is 48.6 Å². The zero-order valence-electron chi connectivity index (χ0n) is 15.0. The van der Waals surface area contributed by atoms with Crippen molar-refractivity contribution in [2.24, 2.45) is 7.05 Å². The molecule has 4 nitrogen and oxygen atoms in total. The molecule has 7 heteroatoms. The highest BCUT2D eigenvalue weighted by molar-refractivity contribution is 7.71. The number of quaternary nitrogens is 1. The maximum atomic E-state index is 13.2. The summed E-state index contributed by atoms with van der Waals surface area (Å²) in [5.41, 5.74) is 2.11. The molecule has 1 aromatic heterocycles. The van der Waals surface area contributed by atoms with Crippen LogP contribution in [0.1, 0.15) is 18.4 Å². The van der Waals surface area contributed by atoms with Gasteiger partial charge in [-0.1, -0.05) is 23.7 Å². The fourth-order valence-corrected chi connectivity index (χ4v) is 3.64. The zero-order valence-corrected chi connectivity index (χ0v) is 16.6. The lowest BCUT2D eigenvalue weighted by Gasteiger charge is -2.19. The third-order valence-corrected chi connectivity index (χ3v) is 5.73. The van der Waals surface area contributed by atoms with Crippen LogP contribution in [0.5, 0.6) is 0 Å². The van der Waals surface area contributed by atoms with Gasteiger partial charge in [-0.25, -0.2) is 4.39 Å². The molecule has 1 fully saturated rings. The van der Waals surface area contributed by atoms with Gasteiger partial charge in [0, 0.05) is 36.0 Å². The molecule has 1 atom stereocenters. The van der Waals surface area contributed by atoms with E-state index in [9.17, 15) is 4.39 Å². The maximum absolute atomic E-state index is 13.2. The first-order valence-electron chi connectivity index (χ1n) is 9.00. The summed E-state index contributed by atoms with van der Waals surface area (Å²) in [6.07, 6.45) is 2.42. The third-order valence-electron chi connectivity index (χ3n) is 5.00. The summed E-state index contributed by atoms with van der Waals surface area (Å²) in [5.74, 6) is 0.625. The van der Waals surface area contributed by atoms with Crippen LogP contribution in [-0.2, 0) is 20.3 Å². The Morgan fingerprint density at radius 3 is 2.44 bits per heavy atom. The Bertz CT molecular complexity index is 990.